The number of rotatable bonds is 5. The minimum Gasteiger partial charge on any atom is -0.413 e. The average Bonchev–Trinajstić information content (AvgIpc) is 2.98. The third kappa shape index (κ3) is 5.13. The predicted octanol–water partition coefficient (Wildman–Crippen LogP) is 3.79. The summed E-state index contributed by atoms with van der Waals surface area (Å²) < 4.78 is 7.46. The number of hydrogen-bond acceptors (Lipinski definition) is 5. The molecule has 0 bridgehead atoms. The highest BCUT2D eigenvalue weighted by molar-refractivity contribution is 7.71. The summed E-state index contributed by atoms with van der Waals surface area (Å²) in [5.74, 6) is 0.701. The average molecular weight is 373 g/mol. The van der Waals surface area contributed by atoms with Gasteiger partial charge in [0.15, 0.2) is 0 Å². The summed E-state index contributed by atoms with van der Waals surface area (Å²) in [4.78, 5) is 5.31. The lowest BCUT2D eigenvalue weighted by molar-refractivity contribution is 0.109. The molecule has 1 aliphatic heterocycles. The molecular formula is C20H28N4OS. The van der Waals surface area contributed by atoms with E-state index in [1.807, 2.05) is 6.07 Å². The zero-order chi connectivity index (χ0) is 18.6. The summed E-state index contributed by atoms with van der Waals surface area (Å²) in [7, 11) is 0. The predicted molar refractivity (Wildman–Crippen MR) is 108 cm³/mol. The Kier molecular flexibility index (Phi) is 6.06. The van der Waals surface area contributed by atoms with Crippen LogP contribution in [0, 0.1) is 4.84 Å². The van der Waals surface area contributed by atoms with Crippen LogP contribution >= 0.6 is 12.2 Å². The van der Waals surface area contributed by atoms with Crippen LogP contribution < -0.4 is 0 Å². The van der Waals surface area contributed by atoms with Crippen LogP contribution in [0.15, 0.2) is 40.8 Å². The highest BCUT2D eigenvalue weighted by Gasteiger charge is 2.23. The Morgan fingerprint density at radius 1 is 1.08 bits per heavy atom. The molecule has 3 rings (SSSR count). The van der Waals surface area contributed by atoms with Gasteiger partial charge in [0.2, 0.25) is 5.89 Å². The minimum atomic E-state index is -0.122. The van der Waals surface area contributed by atoms with Crippen LogP contribution in [0.2, 0.25) is 0 Å². The van der Waals surface area contributed by atoms with Gasteiger partial charge < -0.3 is 4.42 Å². The summed E-state index contributed by atoms with van der Waals surface area (Å²) in [6, 6.07) is 10.4. The molecule has 1 saturated heterocycles. The Labute approximate surface area is 160 Å². The molecule has 26 heavy (non-hydrogen) atoms. The molecular weight excluding hydrogens is 344 g/mol. The van der Waals surface area contributed by atoms with Crippen LogP contribution in [-0.4, -0.2) is 52.3 Å². The van der Waals surface area contributed by atoms with Gasteiger partial charge in [-0.2, -0.15) is 0 Å². The van der Waals surface area contributed by atoms with Crippen molar-refractivity contribution >= 4 is 18.3 Å². The second kappa shape index (κ2) is 8.29. The van der Waals surface area contributed by atoms with E-state index in [4.69, 9.17) is 16.6 Å². The molecule has 0 radical (unpaired) electrons. The van der Waals surface area contributed by atoms with Gasteiger partial charge in [-0.3, -0.25) is 9.80 Å². The minimum absolute atomic E-state index is 0.122. The Morgan fingerprint density at radius 3 is 2.35 bits per heavy atom. The third-order valence-electron chi connectivity index (χ3n) is 4.52. The quantitative estimate of drug-likeness (QED) is 0.747. The molecule has 0 atom stereocenters. The van der Waals surface area contributed by atoms with Crippen LogP contribution in [0.3, 0.4) is 0 Å². The Hall–Kier alpha value is -1.76. The van der Waals surface area contributed by atoms with Crippen molar-refractivity contribution in [3.05, 3.63) is 52.7 Å². The standard InChI is InChI=1S/C20H28N4OS/c1-20(2,3)18-21-24(19(26)25-18)16-23-14-12-22(13-15-23)11-7-10-17-8-5-4-6-9-17/h4-10H,11-16H2,1-3H3/b10-7+. The molecule has 140 valence electrons. The summed E-state index contributed by atoms with van der Waals surface area (Å²) in [5.41, 5.74) is 1.13. The zero-order valence-corrected chi connectivity index (χ0v) is 16.7. The molecule has 1 aliphatic rings. The second-order valence-electron chi connectivity index (χ2n) is 7.80. The van der Waals surface area contributed by atoms with Crippen LogP contribution in [-0.2, 0) is 12.1 Å². The third-order valence-corrected chi connectivity index (χ3v) is 4.81. The number of nitrogens with zero attached hydrogens (tertiary/aromatic N) is 4. The molecule has 0 saturated carbocycles. The molecule has 0 unspecified atom stereocenters. The zero-order valence-electron chi connectivity index (χ0n) is 15.9. The molecule has 1 aromatic carbocycles. The van der Waals surface area contributed by atoms with Gasteiger partial charge in [-0.1, -0.05) is 63.3 Å². The lowest BCUT2D eigenvalue weighted by Gasteiger charge is -2.33. The van der Waals surface area contributed by atoms with E-state index in [0.717, 1.165) is 32.7 Å². The first-order chi connectivity index (χ1) is 12.4. The maximum atomic E-state index is 5.66. The van der Waals surface area contributed by atoms with Crippen LogP contribution in [0.1, 0.15) is 32.2 Å². The Bertz CT molecular complexity index is 780. The maximum absolute atomic E-state index is 5.66. The highest BCUT2D eigenvalue weighted by atomic mass is 32.1. The molecule has 0 spiro atoms. The number of aromatic nitrogens is 2. The van der Waals surface area contributed by atoms with Gasteiger partial charge in [-0.05, 0) is 17.8 Å². The van der Waals surface area contributed by atoms with Gasteiger partial charge >= 0.3 is 0 Å². The van der Waals surface area contributed by atoms with Crippen LogP contribution in [0.4, 0.5) is 0 Å². The normalized spacial score (nSPS) is 17.2. The van der Waals surface area contributed by atoms with Gasteiger partial charge in [0.1, 0.15) is 0 Å². The number of benzene rings is 1. The monoisotopic (exact) mass is 372 g/mol. The Balaban J connectivity index is 1.48. The highest BCUT2D eigenvalue weighted by Crippen LogP contribution is 2.20. The van der Waals surface area contributed by atoms with Crippen molar-refractivity contribution in [2.45, 2.75) is 32.9 Å². The van der Waals surface area contributed by atoms with Gasteiger partial charge in [0, 0.05) is 38.1 Å². The van der Waals surface area contributed by atoms with Crippen molar-refractivity contribution < 1.29 is 4.42 Å². The topological polar surface area (TPSA) is 37.4 Å². The largest absolute Gasteiger partial charge is 0.413 e. The first-order valence-corrected chi connectivity index (χ1v) is 9.57. The lowest BCUT2D eigenvalue weighted by Crippen LogP contribution is -2.46. The van der Waals surface area contributed by atoms with Gasteiger partial charge in [-0.25, -0.2) is 4.68 Å². The van der Waals surface area contributed by atoms with E-state index in [9.17, 15) is 0 Å². The van der Waals surface area contributed by atoms with Gasteiger partial charge in [0.25, 0.3) is 4.84 Å². The molecule has 0 N–H and O–H groups in total. The van der Waals surface area contributed by atoms with E-state index in [0.29, 0.717) is 17.4 Å². The molecule has 0 amide bonds. The van der Waals surface area contributed by atoms with Crippen LogP contribution in [0.25, 0.3) is 6.08 Å². The van der Waals surface area contributed by atoms with E-state index < -0.39 is 0 Å². The van der Waals surface area contributed by atoms with Crippen LogP contribution in [0.5, 0.6) is 0 Å². The smallest absolute Gasteiger partial charge is 0.288 e. The SMILES string of the molecule is CC(C)(C)c1nn(CN2CCN(C/C=C/c3ccccc3)CC2)c(=S)o1. The van der Waals surface area contributed by atoms with Gasteiger partial charge in [-0.15, -0.1) is 5.10 Å². The second-order valence-corrected chi connectivity index (χ2v) is 8.15. The van der Waals surface area contributed by atoms with Gasteiger partial charge in [0.05, 0.1) is 6.67 Å². The summed E-state index contributed by atoms with van der Waals surface area (Å²) in [6.07, 6.45) is 4.43. The lowest BCUT2D eigenvalue weighted by atomic mass is 9.97. The Morgan fingerprint density at radius 2 is 1.73 bits per heavy atom. The number of hydrogen-bond donors (Lipinski definition) is 0. The van der Waals surface area contributed by atoms with E-state index in [-0.39, 0.29) is 5.41 Å². The molecule has 1 aromatic heterocycles. The molecule has 2 aromatic rings. The van der Waals surface area contributed by atoms with Crippen molar-refractivity contribution in [1.29, 1.82) is 0 Å². The summed E-state index contributed by atoms with van der Waals surface area (Å²) in [5, 5.41) is 4.56. The maximum Gasteiger partial charge on any atom is 0.288 e. The van der Waals surface area contributed by atoms with Crippen molar-refractivity contribution in [1.82, 2.24) is 19.6 Å². The summed E-state index contributed by atoms with van der Waals surface area (Å²) >= 11 is 5.32. The molecule has 5 nitrogen and oxygen atoms in total. The fraction of sp³-hybridized carbons (Fsp3) is 0.500. The molecule has 2 heterocycles. The summed E-state index contributed by atoms with van der Waals surface area (Å²) in [6.45, 7) is 12.1. The fourth-order valence-electron chi connectivity index (χ4n) is 2.90. The van der Waals surface area contributed by atoms with E-state index >= 15 is 0 Å². The van der Waals surface area contributed by atoms with Crippen molar-refractivity contribution in [2.24, 2.45) is 0 Å². The molecule has 6 heteroatoms. The van der Waals surface area contributed by atoms with E-state index in [2.05, 4.69) is 72.1 Å². The molecule has 0 aliphatic carbocycles. The van der Waals surface area contributed by atoms with Crippen molar-refractivity contribution in [2.75, 3.05) is 32.7 Å². The number of piperazine rings is 1. The van der Waals surface area contributed by atoms with E-state index in [1.54, 1.807) is 4.68 Å². The molecule has 1 fully saturated rings. The van der Waals surface area contributed by atoms with Crippen molar-refractivity contribution in [3.63, 3.8) is 0 Å². The fourth-order valence-corrected chi connectivity index (χ4v) is 3.08. The van der Waals surface area contributed by atoms with Crippen molar-refractivity contribution in [3.8, 4) is 0 Å². The first kappa shape index (κ1) is 19.0. The first-order valence-electron chi connectivity index (χ1n) is 9.16. The van der Waals surface area contributed by atoms with E-state index in [1.165, 1.54) is 5.56 Å².